The van der Waals surface area contributed by atoms with Gasteiger partial charge < -0.3 is 10.4 Å². The summed E-state index contributed by atoms with van der Waals surface area (Å²) in [6, 6.07) is 0. The molecule has 1 rings (SSSR count). The first-order valence-electron chi connectivity index (χ1n) is 4.60. The van der Waals surface area contributed by atoms with Crippen LogP contribution in [0.1, 0.15) is 12.6 Å². The van der Waals surface area contributed by atoms with E-state index in [1.807, 2.05) is 0 Å². The first-order valence-corrected chi connectivity index (χ1v) is 5.48. The van der Waals surface area contributed by atoms with Gasteiger partial charge in [-0.1, -0.05) is 11.3 Å². The molecule has 5 nitrogen and oxygen atoms in total. The van der Waals surface area contributed by atoms with Gasteiger partial charge in [0.15, 0.2) is 0 Å². The molecule has 0 spiro atoms. The summed E-state index contributed by atoms with van der Waals surface area (Å²) in [5, 5.41) is 13.2. The average molecular weight is 230 g/mol. The van der Waals surface area contributed by atoms with E-state index in [9.17, 15) is 9.59 Å². The van der Waals surface area contributed by atoms with Crippen molar-refractivity contribution in [1.29, 1.82) is 0 Å². The van der Waals surface area contributed by atoms with Crippen molar-refractivity contribution in [3.8, 4) is 0 Å². The Kier molecular flexibility index (Phi) is 4.05. The summed E-state index contributed by atoms with van der Waals surface area (Å²) in [7, 11) is 0. The van der Waals surface area contributed by atoms with Crippen molar-refractivity contribution in [2.45, 2.75) is 26.5 Å². The quantitative estimate of drug-likeness (QED) is 0.747. The zero-order valence-electron chi connectivity index (χ0n) is 8.69. The van der Waals surface area contributed by atoms with Crippen LogP contribution < -0.4 is 10.2 Å². The first kappa shape index (κ1) is 11.9. The molecule has 1 heterocycles. The Morgan fingerprint density at radius 3 is 2.87 bits per heavy atom. The van der Waals surface area contributed by atoms with Gasteiger partial charge in [-0.3, -0.25) is 14.2 Å². The predicted molar refractivity (Wildman–Crippen MR) is 58.0 cm³/mol. The van der Waals surface area contributed by atoms with Crippen LogP contribution in [0, 0.1) is 6.92 Å². The maximum absolute atomic E-state index is 11.3. The van der Waals surface area contributed by atoms with Crippen LogP contribution in [0.3, 0.4) is 0 Å². The molecule has 15 heavy (non-hydrogen) atoms. The number of carbonyl (C=O) groups excluding carboxylic acids is 1. The summed E-state index contributed by atoms with van der Waals surface area (Å²) in [6.45, 7) is 3.58. The minimum absolute atomic E-state index is 0.0148. The van der Waals surface area contributed by atoms with Crippen LogP contribution in [0.2, 0.25) is 0 Å². The predicted octanol–water partition coefficient (Wildman–Crippen LogP) is -0.285. The lowest BCUT2D eigenvalue weighted by molar-refractivity contribution is -0.122. The van der Waals surface area contributed by atoms with E-state index in [0.717, 1.165) is 17.0 Å². The van der Waals surface area contributed by atoms with Gasteiger partial charge in [-0.05, 0) is 13.8 Å². The van der Waals surface area contributed by atoms with Gasteiger partial charge in [-0.25, -0.2) is 0 Å². The van der Waals surface area contributed by atoms with Crippen molar-refractivity contribution in [1.82, 2.24) is 9.88 Å². The van der Waals surface area contributed by atoms with Crippen molar-refractivity contribution in [2.24, 2.45) is 0 Å². The number of nitrogens with one attached hydrogen (secondary N) is 1. The number of rotatable bonds is 4. The third kappa shape index (κ3) is 3.49. The molecule has 1 atom stereocenters. The number of nitrogens with zero attached hydrogens (tertiary/aromatic N) is 1. The van der Waals surface area contributed by atoms with Crippen LogP contribution in [0.4, 0.5) is 0 Å². The van der Waals surface area contributed by atoms with Gasteiger partial charge in [-0.2, -0.15) is 0 Å². The van der Waals surface area contributed by atoms with Crippen molar-refractivity contribution < 1.29 is 9.90 Å². The Morgan fingerprint density at radius 2 is 2.40 bits per heavy atom. The standard InChI is InChI=1S/C9H14N2O3S/c1-6-5-15-9(14)11(6)4-8(13)10-3-7(2)12/h5,7,12H,3-4H2,1-2H3,(H,10,13)/t7-/m0/s1. The average Bonchev–Trinajstić information content (AvgIpc) is 2.46. The summed E-state index contributed by atoms with van der Waals surface area (Å²) in [5.41, 5.74) is 0.775. The van der Waals surface area contributed by atoms with Crippen molar-refractivity contribution in [2.75, 3.05) is 6.54 Å². The third-order valence-electron chi connectivity index (χ3n) is 1.87. The number of aliphatic hydroxyl groups is 1. The lowest BCUT2D eigenvalue weighted by Crippen LogP contribution is -2.35. The fraction of sp³-hybridized carbons (Fsp3) is 0.556. The number of thiazole rings is 1. The Balaban J connectivity index is 2.55. The molecule has 0 radical (unpaired) electrons. The monoisotopic (exact) mass is 230 g/mol. The molecule has 1 amide bonds. The van der Waals surface area contributed by atoms with Gasteiger partial charge in [-0.15, -0.1) is 0 Å². The molecular weight excluding hydrogens is 216 g/mol. The lowest BCUT2D eigenvalue weighted by Gasteiger charge is -2.07. The van der Waals surface area contributed by atoms with E-state index in [1.165, 1.54) is 4.57 Å². The minimum Gasteiger partial charge on any atom is -0.392 e. The van der Waals surface area contributed by atoms with E-state index in [1.54, 1.807) is 19.2 Å². The molecule has 2 N–H and O–H groups in total. The summed E-state index contributed by atoms with van der Waals surface area (Å²) in [5.74, 6) is -0.264. The molecule has 0 fully saturated rings. The zero-order chi connectivity index (χ0) is 11.4. The second-order valence-corrected chi connectivity index (χ2v) is 4.20. The molecule has 0 unspecified atom stereocenters. The fourth-order valence-corrected chi connectivity index (χ4v) is 1.79. The van der Waals surface area contributed by atoms with Crippen LogP contribution in [0.5, 0.6) is 0 Å². The van der Waals surface area contributed by atoms with E-state index < -0.39 is 6.10 Å². The van der Waals surface area contributed by atoms with E-state index in [4.69, 9.17) is 5.11 Å². The molecule has 0 aliphatic carbocycles. The van der Waals surface area contributed by atoms with Gasteiger partial charge in [0.05, 0.1) is 6.10 Å². The van der Waals surface area contributed by atoms with Crippen molar-refractivity contribution in [3.05, 3.63) is 20.7 Å². The number of aryl methyl sites for hydroxylation is 1. The smallest absolute Gasteiger partial charge is 0.307 e. The van der Waals surface area contributed by atoms with E-state index in [0.29, 0.717) is 0 Å². The fourth-order valence-electron chi connectivity index (χ4n) is 1.06. The molecule has 84 valence electrons. The van der Waals surface area contributed by atoms with Crippen molar-refractivity contribution in [3.63, 3.8) is 0 Å². The second-order valence-electron chi connectivity index (χ2n) is 3.38. The molecule has 0 aliphatic rings. The summed E-state index contributed by atoms with van der Waals surface area (Å²) >= 11 is 1.08. The van der Waals surface area contributed by atoms with Crippen LogP contribution in [-0.4, -0.2) is 28.2 Å². The molecule has 0 aromatic carbocycles. The van der Waals surface area contributed by atoms with Gasteiger partial charge in [0.2, 0.25) is 5.91 Å². The van der Waals surface area contributed by atoms with Crippen LogP contribution >= 0.6 is 11.3 Å². The highest BCUT2D eigenvalue weighted by molar-refractivity contribution is 7.07. The van der Waals surface area contributed by atoms with Crippen LogP contribution in [0.15, 0.2) is 10.2 Å². The topological polar surface area (TPSA) is 71.3 Å². The highest BCUT2D eigenvalue weighted by atomic mass is 32.1. The number of hydrogen-bond acceptors (Lipinski definition) is 4. The number of hydrogen-bond donors (Lipinski definition) is 2. The maximum atomic E-state index is 11.3. The molecule has 0 saturated carbocycles. The molecule has 1 aromatic heterocycles. The highest BCUT2D eigenvalue weighted by Gasteiger charge is 2.08. The summed E-state index contributed by atoms with van der Waals surface area (Å²) in [4.78, 5) is 22.5. The minimum atomic E-state index is -0.575. The van der Waals surface area contributed by atoms with Gasteiger partial charge in [0, 0.05) is 17.6 Å². The van der Waals surface area contributed by atoms with Gasteiger partial charge in [0.25, 0.3) is 0 Å². The van der Waals surface area contributed by atoms with Gasteiger partial charge >= 0.3 is 4.87 Å². The van der Waals surface area contributed by atoms with E-state index in [2.05, 4.69) is 5.32 Å². The maximum Gasteiger partial charge on any atom is 0.307 e. The lowest BCUT2D eigenvalue weighted by atomic mass is 10.4. The highest BCUT2D eigenvalue weighted by Crippen LogP contribution is 1.98. The van der Waals surface area contributed by atoms with Crippen LogP contribution in [0.25, 0.3) is 0 Å². The third-order valence-corrected chi connectivity index (χ3v) is 2.75. The van der Waals surface area contributed by atoms with Crippen LogP contribution in [-0.2, 0) is 11.3 Å². The normalized spacial score (nSPS) is 12.5. The Hall–Kier alpha value is -1.14. The van der Waals surface area contributed by atoms with Gasteiger partial charge in [0.1, 0.15) is 6.54 Å². The molecule has 0 bridgehead atoms. The molecule has 0 aliphatic heterocycles. The molecule has 0 saturated heterocycles. The van der Waals surface area contributed by atoms with Crippen molar-refractivity contribution >= 4 is 17.2 Å². The second kappa shape index (κ2) is 5.09. The largest absolute Gasteiger partial charge is 0.392 e. The number of aliphatic hydroxyl groups excluding tert-OH is 1. The summed E-state index contributed by atoms with van der Waals surface area (Å²) < 4.78 is 1.40. The Labute approximate surface area is 91.4 Å². The van der Waals surface area contributed by atoms with E-state index in [-0.39, 0.29) is 23.9 Å². The zero-order valence-corrected chi connectivity index (χ0v) is 9.50. The number of carbonyl (C=O) groups is 1. The number of aromatic nitrogens is 1. The first-order chi connectivity index (χ1) is 7.00. The molecule has 6 heteroatoms. The molecule has 1 aromatic rings. The Bertz CT molecular complexity index is 394. The molecular formula is C9H14N2O3S. The van der Waals surface area contributed by atoms with E-state index >= 15 is 0 Å². The Morgan fingerprint density at radius 1 is 1.73 bits per heavy atom. The SMILES string of the molecule is Cc1csc(=O)n1CC(=O)NC[C@H](C)O. The number of amides is 1. The summed E-state index contributed by atoms with van der Waals surface area (Å²) in [6.07, 6.45) is -0.575.